The van der Waals surface area contributed by atoms with Gasteiger partial charge in [-0.15, -0.1) is 0 Å². The van der Waals surface area contributed by atoms with Gasteiger partial charge in [0.1, 0.15) is 5.69 Å². The summed E-state index contributed by atoms with van der Waals surface area (Å²) in [5.74, 6) is -2.23. The van der Waals surface area contributed by atoms with Crippen molar-refractivity contribution >= 4 is 57.5 Å². The van der Waals surface area contributed by atoms with Gasteiger partial charge in [-0.05, 0) is 17.7 Å². The van der Waals surface area contributed by atoms with Crippen LogP contribution in [0.4, 0.5) is 0 Å². The number of carboxylic acid groups (broad SMARTS) is 1. The summed E-state index contributed by atoms with van der Waals surface area (Å²) in [6, 6.07) is 11.9. The number of benzene rings is 2. The lowest BCUT2D eigenvalue weighted by Gasteiger charge is -2.12. The van der Waals surface area contributed by atoms with Crippen LogP contribution in [0, 0.1) is 0 Å². The molecule has 1 aliphatic rings. The number of halogens is 2. The smallest absolute Gasteiger partial charge is 0.352 e. The van der Waals surface area contributed by atoms with E-state index in [2.05, 4.69) is 10.3 Å². The zero-order chi connectivity index (χ0) is 20.0. The molecule has 2 aromatic carbocycles. The van der Waals surface area contributed by atoms with Gasteiger partial charge in [0, 0.05) is 32.6 Å². The van der Waals surface area contributed by atoms with E-state index in [9.17, 15) is 19.5 Å². The molecule has 3 N–H and O–H groups in total. The molecule has 2 heterocycles. The van der Waals surface area contributed by atoms with Crippen molar-refractivity contribution in [3.63, 3.8) is 0 Å². The van der Waals surface area contributed by atoms with Crippen LogP contribution in [0.5, 0.6) is 0 Å². The van der Waals surface area contributed by atoms with E-state index in [1.54, 1.807) is 36.4 Å². The Morgan fingerprint density at radius 3 is 2.39 bits per heavy atom. The maximum Gasteiger partial charge on any atom is 0.352 e. The minimum absolute atomic E-state index is 0.141. The molecule has 0 bridgehead atoms. The number of aromatic nitrogens is 1. The summed E-state index contributed by atoms with van der Waals surface area (Å²) in [4.78, 5) is 39.1. The van der Waals surface area contributed by atoms with E-state index in [0.29, 0.717) is 27.1 Å². The zero-order valence-electron chi connectivity index (χ0n) is 14.2. The van der Waals surface area contributed by atoms with Gasteiger partial charge in [-0.2, -0.15) is 0 Å². The fraction of sp³-hybridized carbons (Fsp3) is 0.0500. The third kappa shape index (κ3) is 2.96. The van der Waals surface area contributed by atoms with Crippen LogP contribution in [0.25, 0.3) is 16.5 Å². The first-order chi connectivity index (χ1) is 13.4. The van der Waals surface area contributed by atoms with E-state index >= 15 is 0 Å². The first-order valence-corrected chi connectivity index (χ1v) is 8.99. The Morgan fingerprint density at radius 2 is 1.79 bits per heavy atom. The van der Waals surface area contributed by atoms with Gasteiger partial charge in [-0.25, -0.2) is 4.79 Å². The summed E-state index contributed by atoms with van der Waals surface area (Å²) in [6.45, 7) is 0. The number of amides is 2. The zero-order valence-corrected chi connectivity index (χ0v) is 15.7. The van der Waals surface area contributed by atoms with Crippen molar-refractivity contribution in [2.24, 2.45) is 0 Å². The van der Waals surface area contributed by atoms with Crippen molar-refractivity contribution < 1.29 is 19.5 Å². The lowest BCUT2D eigenvalue weighted by Crippen LogP contribution is -2.20. The third-order valence-corrected chi connectivity index (χ3v) is 5.02. The Bertz CT molecular complexity index is 1200. The van der Waals surface area contributed by atoms with Crippen molar-refractivity contribution in [1.82, 2.24) is 10.3 Å². The second-order valence-electron chi connectivity index (χ2n) is 6.26. The van der Waals surface area contributed by atoms with Gasteiger partial charge >= 0.3 is 5.97 Å². The summed E-state index contributed by atoms with van der Waals surface area (Å²) < 4.78 is 0. The maximum atomic E-state index is 12.4. The van der Waals surface area contributed by atoms with Crippen molar-refractivity contribution in [3.8, 4) is 0 Å². The molecule has 4 rings (SSSR count). The molecule has 0 saturated carbocycles. The van der Waals surface area contributed by atoms with Gasteiger partial charge < -0.3 is 10.1 Å². The quantitative estimate of drug-likeness (QED) is 0.445. The molecule has 2 amide bonds. The van der Waals surface area contributed by atoms with E-state index in [-0.39, 0.29) is 28.3 Å². The molecule has 0 radical (unpaired) electrons. The predicted octanol–water partition coefficient (Wildman–Crippen LogP) is 4.02. The number of carbonyl (C=O) groups is 3. The molecule has 1 aliphatic heterocycles. The van der Waals surface area contributed by atoms with Crippen molar-refractivity contribution in [2.75, 3.05) is 0 Å². The van der Waals surface area contributed by atoms with Crippen LogP contribution in [0.3, 0.4) is 0 Å². The first kappa shape index (κ1) is 18.3. The Labute approximate surface area is 168 Å². The van der Waals surface area contributed by atoms with Gasteiger partial charge in [0.2, 0.25) is 5.91 Å². The number of aromatic carboxylic acids is 1. The molecule has 140 valence electrons. The number of hydrogen-bond acceptors (Lipinski definition) is 3. The summed E-state index contributed by atoms with van der Waals surface area (Å²) >= 11 is 12.5. The molecule has 0 atom stereocenters. The number of imide groups is 1. The lowest BCUT2D eigenvalue weighted by atomic mass is 9.90. The van der Waals surface area contributed by atoms with Crippen LogP contribution in [-0.4, -0.2) is 27.9 Å². The SMILES string of the molecule is O=C1CC(=C(c2ccccc2)c2c(C(=O)O)[nH]c3cc(Cl)cc(Cl)c23)C(=O)N1. The maximum absolute atomic E-state index is 12.4. The molecule has 1 aromatic heterocycles. The second-order valence-corrected chi connectivity index (χ2v) is 7.11. The fourth-order valence-corrected chi connectivity index (χ4v) is 4.01. The van der Waals surface area contributed by atoms with Crippen LogP contribution >= 0.6 is 23.2 Å². The van der Waals surface area contributed by atoms with Crippen molar-refractivity contribution in [2.45, 2.75) is 6.42 Å². The number of nitrogens with one attached hydrogen (secondary N) is 2. The Hall–Kier alpha value is -3.09. The highest BCUT2D eigenvalue weighted by atomic mass is 35.5. The molecule has 1 fully saturated rings. The van der Waals surface area contributed by atoms with Crippen LogP contribution < -0.4 is 5.32 Å². The van der Waals surface area contributed by atoms with Gasteiger partial charge in [0.25, 0.3) is 5.91 Å². The summed E-state index contributed by atoms with van der Waals surface area (Å²) in [5.41, 5.74) is 1.65. The molecular weight excluding hydrogens is 403 g/mol. The molecule has 6 nitrogen and oxygen atoms in total. The molecular formula is C20H12Cl2N2O4. The fourth-order valence-electron chi connectivity index (χ4n) is 3.42. The molecule has 0 unspecified atom stereocenters. The van der Waals surface area contributed by atoms with Gasteiger partial charge in [-0.3, -0.25) is 14.9 Å². The molecule has 28 heavy (non-hydrogen) atoms. The van der Waals surface area contributed by atoms with Gasteiger partial charge in [0.15, 0.2) is 0 Å². The number of rotatable bonds is 3. The standard InChI is InChI=1S/C20H12Cl2N2O4/c21-10-6-12(22)16-13(7-10)23-18(20(27)28)17(16)15(9-4-2-1-3-5-9)11-8-14(25)24-19(11)26/h1-7,23H,8H2,(H,27,28)(H,24,25,26). The van der Waals surface area contributed by atoms with Gasteiger partial charge in [0.05, 0.1) is 11.4 Å². The normalized spacial score (nSPS) is 15.8. The highest BCUT2D eigenvalue weighted by Crippen LogP contribution is 2.41. The highest BCUT2D eigenvalue weighted by molar-refractivity contribution is 6.39. The van der Waals surface area contributed by atoms with Crippen molar-refractivity contribution in [1.29, 1.82) is 0 Å². The van der Waals surface area contributed by atoms with E-state index in [1.807, 2.05) is 0 Å². The topological polar surface area (TPSA) is 99.3 Å². The van der Waals surface area contributed by atoms with Crippen LogP contribution in [0.2, 0.25) is 10.0 Å². The molecule has 0 aliphatic carbocycles. The summed E-state index contributed by atoms with van der Waals surface area (Å²) in [5, 5.41) is 13.0. The minimum Gasteiger partial charge on any atom is -0.477 e. The third-order valence-electron chi connectivity index (χ3n) is 4.51. The van der Waals surface area contributed by atoms with E-state index in [1.165, 1.54) is 6.07 Å². The average Bonchev–Trinajstić information content (AvgIpc) is 3.17. The number of fused-ring (bicyclic) bond motifs is 1. The lowest BCUT2D eigenvalue weighted by molar-refractivity contribution is -0.124. The minimum atomic E-state index is -1.22. The average molecular weight is 415 g/mol. The number of aromatic amines is 1. The molecule has 1 saturated heterocycles. The number of H-pyrrole nitrogens is 1. The van der Waals surface area contributed by atoms with Crippen molar-refractivity contribution in [3.05, 3.63) is 74.9 Å². The summed E-state index contributed by atoms with van der Waals surface area (Å²) in [6.07, 6.45) is -0.153. The van der Waals surface area contributed by atoms with Crippen LogP contribution in [-0.2, 0) is 9.59 Å². The van der Waals surface area contributed by atoms with Crippen LogP contribution in [0.1, 0.15) is 28.0 Å². The molecule has 3 aromatic rings. The number of carboxylic acids is 1. The largest absolute Gasteiger partial charge is 0.477 e. The van der Waals surface area contributed by atoms with E-state index in [4.69, 9.17) is 23.2 Å². The van der Waals surface area contributed by atoms with Crippen LogP contribution in [0.15, 0.2) is 48.0 Å². The second kappa shape index (κ2) is 6.82. The highest BCUT2D eigenvalue weighted by Gasteiger charge is 2.32. The van der Waals surface area contributed by atoms with E-state index in [0.717, 1.165) is 0 Å². The van der Waals surface area contributed by atoms with Gasteiger partial charge in [-0.1, -0.05) is 53.5 Å². The Balaban J connectivity index is 2.17. The Kier molecular flexibility index (Phi) is 4.45. The molecule has 8 heteroatoms. The number of hydrogen-bond donors (Lipinski definition) is 3. The summed E-state index contributed by atoms with van der Waals surface area (Å²) in [7, 11) is 0. The van der Waals surface area contributed by atoms with E-state index < -0.39 is 17.8 Å². The first-order valence-electron chi connectivity index (χ1n) is 8.24. The number of carbonyl (C=O) groups excluding carboxylic acids is 2. The molecule has 0 spiro atoms. The predicted molar refractivity (Wildman–Crippen MR) is 106 cm³/mol. The monoisotopic (exact) mass is 414 g/mol. The Morgan fingerprint density at radius 1 is 1.07 bits per heavy atom.